The number of aromatic nitrogens is 3. The molecule has 0 aliphatic rings. The highest BCUT2D eigenvalue weighted by Crippen LogP contribution is 2.35. The topological polar surface area (TPSA) is 69.2 Å². The number of para-hydroxylation sites is 1. The Morgan fingerprint density at radius 2 is 1.72 bits per heavy atom. The van der Waals surface area contributed by atoms with Crippen molar-refractivity contribution in [1.82, 2.24) is 15.2 Å². The van der Waals surface area contributed by atoms with Gasteiger partial charge in [0.2, 0.25) is 5.13 Å². The van der Waals surface area contributed by atoms with Crippen molar-refractivity contribution in [2.24, 2.45) is 0 Å². The fourth-order valence-corrected chi connectivity index (χ4v) is 4.05. The SMILES string of the molecule is COc1ccc(-c2nnc(Nc3nc4c(OC)cccc4s3)s2)cc1. The first-order chi connectivity index (χ1) is 12.3. The summed E-state index contributed by atoms with van der Waals surface area (Å²) in [5.74, 6) is 1.58. The van der Waals surface area contributed by atoms with Crippen LogP contribution in [-0.4, -0.2) is 29.4 Å². The number of fused-ring (bicyclic) bond motifs is 1. The van der Waals surface area contributed by atoms with Gasteiger partial charge >= 0.3 is 0 Å². The minimum absolute atomic E-state index is 0.698. The summed E-state index contributed by atoms with van der Waals surface area (Å²) < 4.78 is 11.6. The average Bonchev–Trinajstić information content (AvgIpc) is 3.28. The van der Waals surface area contributed by atoms with Gasteiger partial charge in [-0.05, 0) is 36.4 Å². The number of thiazole rings is 1. The van der Waals surface area contributed by atoms with Crippen molar-refractivity contribution in [3.63, 3.8) is 0 Å². The molecule has 0 unspecified atom stereocenters. The maximum absolute atomic E-state index is 5.35. The molecule has 2 aromatic heterocycles. The Morgan fingerprint density at radius 1 is 0.880 bits per heavy atom. The standard InChI is InChI=1S/C17H14N4O2S2/c1-22-11-8-6-10(7-9-11)15-20-21-17(25-15)19-16-18-14-12(23-2)4-3-5-13(14)24-16/h3-9H,1-2H3,(H,18,19,21). The second-order valence-corrected chi connectivity index (χ2v) is 7.10. The molecule has 0 fully saturated rings. The number of nitrogens with zero attached hydrogens (tertiary/aromatic N) is 3. The third kappa shape index (κ3) is 3.13. The molecule has 0 saturated heterocycles. The number of anilines is 2. The Morgan fingerprint density at radius 3 is 2.48 bits per heavy atom. The third-order valence-corrected chi connectivity index (χ3v) is 5.40. The lowest BCUT2D eigenvalue weighted by Crippen LogP contribution is -1.88. The molecule has 8 heteroatoms. The fourth-order valence-electron chi connectivity index (χ4n) is 2.36. The maximum atomic E-state index is 5.35. The van der Waals surface area contributed by atoms with E-state index in [-0.39, 0.29) is 0 Å². The van der Waals surface area contributed by atoms with Crippen molar-refractivity contribution in [1.29, 1.82) is 0 Å². The van der Waals surface area contributed by atoms with Crippen molar-refractivity contribution in [2.75, 3.05) is 19.5 Å². The summed E-state index contributed by atoms with van der Waals surface area (Å²) in [5, 5.41) is 14.0. The van der Waals surface area contributed by atoms with Crippen molar-refractivity contribution in [2.45, 2.75) is 0 Å². The van der Waals surface area contributed by atoms with Crippen LogP contribution in [0.3, 0.4) is 0 Å². The van der Waals surface area contributed by atoms with Crippen LogP contribution in [0.5, 0.6) is 11.5 Å². The molecule has 1 N–H and O–H groups in total. The van der Waals surface area contributed by atoms with Crippen LogP contribution in [-0.2, 0) is 0 Å². The van der Waals surface area contributed by atoms with E-state index in [4.69, 9.17) is 9.47 Å². The smallest absolute Gasteiger partial charge is 0.212 e. The molecular weight excluding hydrogens is 356 g/mol. The van der Waals surface area contributed by atoms with E-state index in [1.165, 1.54) is 11.3 Å². The highest BCUT2D eigenvalue weighted by Gasteiger charge is 2.11. The molecule has 0 spiro atoms. The number of hydrogen-bond acceptors (Lipinski definition) is 8. The number of hydrogen-bond donors (Lipinski definition) is 1. The van der Waals surface area contributed by atoms with Crippen LogP contribution in [0.25, 0.3) is 20.8 Å². The summed E-state index contributed by atoms with van der Waals surface area (Å²) in [6, 6.07) is 13.6. The van der Waals surface area contributed by atoms with Crippen molar-refractivity contribution < 1.29 is 9.47 Å². The normalized spacial score (nSPS) is 10.8. The number of benzene rings is 2. The van der Waals surface area contributed by atoms with Gasteiger partial charge in [-0.1, -0.05) is 28.7 Å². The second-order valence-electron chi connectivity index (χ2n) is 5.09. The van der Waals surface area contributed by atoms with Crippen LogP contribution in [0.15, 0.2) is 42.5 Å². The summed E-state index contributed by atoms with van der Waals surface area (Å²) in [6.45, 7) is 0. The molecule has 0 amide bonds. The second kappa shape index (κ2) is 6.66. The lowest BCUT2D eigenvalue weighted by atomic mass is 10.2. The zero-order chi connectivity index (χ0) is 17.2. The Balaban J connectivity index is 1.58. The lowest BCUT2D eigenvalue weighted by molar-refractivity contribution is 0.415. The van der Waals surface area contributed by atoms with Gasteiger partial charge in [0.15, 0.2) is 5.13 Å². The molecular formula is C17H14N4O2S2. The monoisotopic (exact) mass is 370 g/mol. The van der Waals surface area contributed by atoms with Gasteiger partial charge in [-0.2, -0.15) is 0 Å². The maximum Gasteiger partial charge on any atom is 0.212 e. The summed E-state index contributed by atoms with van der Waals surface area (Å²) in [7, 11) is 3.29. The van der Waals surface area contributed by atoms with E-state index in [0.29, 0.717) is 5.13 Å². The molecule has 0 aliphatic carbocycles. The number of ether oxygens (including phenoxy) is 2. The van der Waals surface area contributed by atoms with E-state index in [9.17, 15) is 0 Å². The Bertz CT molecular complexity index is 1010. The van der Waals surface area contributed by atoms with Gasteiger partial charge in [0, 0.05) is 5.56 Å². The van der Waals surface area contributed by atoms with Crippen LogP contribution in [0.4, 0.5) is 10.3 Å². The molecule has 0 radical (unpaired) electrons. The molecule has 2 aromatic carbocycles. The first-order valence-electron chi connectivity index (χ1n) is 7.45. The van der Waals surface area contributed by atoms with E-state index in [1.54, 1.807) is 25.6 Å². The number of methoxy groups -OCH3 is 2. The van der Waals surface area contributed by atoms with Crippen LogP contribution >= 0.6 is 22.7 Å². The largest absolute Gasteiger partial charge is 0.497 e. The molecule has 0 bridgehead atoms. The van der Waals surface area contributed by atoms with Crippen molar-refractivity contribution in [3.8, 4) is 22.1 Å². The predicted octanol–water partition coefficient (Wildman–Crippen LogP) is 4.58. The van der Waals surface area contributed by atoms with Crippen molar-refractivity contribution >= 4 is 43.2 Å². The molecule has 126 valence electrons. The van der Waals surface area contributed by atoms with Gasteiger partial charge in [-0.15, -0.1) is 10.2 Å². The van der Waals surface area contributed by atoms with E-state index < -0.39 is 0 Å². The van der Waals surface area contributed by atoms with Gasteiger partial charge in [-0.3, -0.25) is 0 Å². The zero-order valence-corrected chi connectivity index (χ0v) is 15.1. The summed E-state index contributed by atoms with van der Waals surface area (Å²) >= 11 is 3.03. The molecule has 4 aromatic rings. The quantitative estimate of drug-likeness (QED) is 0.555. The first kappa shape index (κ1) is 15.8. The fraction of sp³-hybridized carbons (Fsp3) is 0.118. The van der Waals surface area contributed by atoms with E-state index in [1.807, 2.05) is 42.5 Å². The van der Waals surface area contributed by atoms with E-state index in [2.05, 4.69) is 20.5 Å². The summed E-state index contributed by atoms with van der Waals surface area (Å²) in [5.41, 5.74) is 1.84. The molecule has 0 aliphatic heterocycles. The van der Waals surface area contributed by atoms with Gasteiger partial charge in [0.25, 0.3) is 0 Å². The third-order valence-electron chi connectivity index (χ3n) is 3.58. The van der Waals surface area contributed by atoms with Crippen LogP contribution < -0.4 is 14.8 Å². The zero-order valence-electron chi connectivity index (χ0n) is 13.5. The lowest BCUT2D eigenvalue weighted by Gasteiger charge is -1.99. The van der Waals surface area contributed by atoms with E-state index >= 15 is 0 Å². The minimum atomic E-state index is 0.698. The van der Waals surface area contributed by atoms with Gasteiger partial charge in [0.1, 0.15) is 22.0 Å². The van der Waals surface area contributed by atoms with Crippen LogP contribution in [0.1, 0.15) is 0 Å². The first-order valence-corrected chi connectivity index (χ1v) is 9.08. The minimum Gasteiger partial charge on any atom is -0.497 e. The van der Waals surface area contributed by atoms with E-state index in [0.717, 1.165) is 37.4 Å². The van der Waals surface area contributed by atoms with Crippen LogP contribution in [0.2, 0.25) is 0 Å². The molecule has 2 heterocycles. The van der Waals surface area contributed by atoms with Crippen molar-refractivity contribution in [3.05, 3.63) is 42.5 Å². The van der Waals surface area contributed by atoms with Gasteiger partial charge < -0.3 is 14.8 Å². The Kier molecular flexibility index (Phi) is 4.21. The molecule has 6 nitrogen and oxygen atoms in total. The predicted molar refractivity (Wildman–Crippen MR) is 101 cm³/mol. The molecule has 0 atom stereocenters. The number of nitrogens with one attached hydrogen (secondary N) is 1. The summed E-state index contributed by atoms with van der Waals surface area (Å²) in [4.78, 5) is 4.59. The highest BCUT2D eigenvalue weighted by atomic mass is 32.1. The molecule has 4 rings (SSSR count). The van der Waals surface area contributed by atoms with Gasteiger partial charge in [-0.25, -0.2) is 4.98 Å². The Labute approximate surface area is 152 Å². The summed E-state index contributed by atoms with van der Waals surface area (Å²) in [6.07, 6.45) is 0. The average molecular weight is 370 g/mol. The molecule has 25 heavy (non-hydrogen) atoms. The highest BCUT2D eigenvalue weighted by molar-refractivity contribution is 7.23. The molecule has 0 saturated carbocycles. The number of rotatable bonds is 5. The van der Waals surface area contributed by atoms with Crippen LogP contribution in [0, 0.1) is 0 Å². The Hall–Kier alpha value is -2.71. The van der Waals surface area contributed by atoms with Gasteiger partial charge in [0.05, 0.1) is 18.9 Å².